The molecule has 0 aliphatic carbocycles. The number of rotatable bonds is 7. The van der Waals surface area contributed by atoms with Crippen molar-refractivity contribution in [2.75, 3.05) is 7.11 Å². The Hall–Kier alpha value is -3.03. The zero-order valence-corrected chi connectivity index (χ0v) is 13.3. The number of nitro benzene ring substituents is 1. The van der Waals surface area contributed by atoms with Gasteiger partial charge >= 0.3 is 5.97 Å². The summed E-state index contributed by atoms with van der Waals surface area (Å²) in [7, 11) is 1.21. The predicted molar refractivity (Wildman–Crippen MR) is 84.5 cm³/mol. The fourth-order valence-corrected chi connectivity index (χ4v) is 2.22. The molecule has 2 aromatic rings. The third-order valence-electron chi connectivity index (χ3n) is 3.46. The highest BCUT2D eigenvalue weighted by Crippen LogP contribution is 2.31. The summed E-state index contributed by atoms with van der Waals surface area (Å²) in [5, 5.41) is 11.0. The molecule has 0 atom stereocenters. The molecule has 0 aromatic heterocycles. The fourth-order valence-electron chi connectivity index (χ4n) is 2.22. The highest BCUT2D eigenvalue weighted by atomic mass is 19.3. The van der Waals surface area contributed by atoms with Crippen molar-refractivity contribution in [3.63, 3.8) is 0 Å². The molecule has 0 heterocycles. The van der Waals surface area contributed by atoms with Crippen LogP contribution in [-0.4, -0.2) is 18.0 Å². The minimum atomic E-state index is -2.82. The molecule has 0 radical (unpaired) electrons. The molecule has 0 aliphatic rings. The van der Waals surface area contributed by atoms with E-state index in [1.54, 1.807) is 6.07 Å². The van der Waals surface area contributed by atoms with Crippen molar-refractivity contribution in [1.82, 2.24) is 0 Å². The van der Waals surface area contributed by atoms with Gasteiger partial charge in [0.1, 0.15) is 12.4 Å². The Labute approximate surface area is 142 Å². The van der Waals surface area contributed by atoms with E-state index in [2.05, 4.69) is 4.74 Å². The molecular formula is C17H15F2NO5. The summed E-state index contributed by atoms with van der Waals surface area (Å²) >= 11 is 0. The number of methoxy groups -OCH3 is 1. The van der Waals surface area contributed by atoms with Gasteiger partial charge in [-0.15, -0.1) is 0 Å². The summed E-state index contributed by atoms with van der Waals surface area (Å²) in [5.74, 6) is -0.643. The molecule has 0 unspecified atom stereocenters. The maximum absolute atomic E-state index is 13.3. The van der Waals surface area contributed by atoms with Gasteiger partial charge in [-0.3, -0.25) is 14.9 Å². The largest absolute Gasteiger partial charge is 0.488 e. The average Bonchev–Trinajstić information content (AvgIpc) is 2.60. The SMILES string of the molecule is COC(=O)Cc1ccc(OCc2ccccc2[N+](=O)[O-])c(C(F)F)c1. The second-order valence-electron chi connectivity index (χ2n) is 5.10. The highest BCUT2D eigenvalue weighted by molar-refractivity contribution is 5.72. The van der Waals surface area contributed by atoms with E-state index >= 15 is 0 Å². The normalized spacial score (nSPS) is 10.6. The number of carbonyl (C=O) groups excluding carboxylic acids is 1. The topological polar surface area (TPSA) is 78.7 Å². The van der Waals surface area contributed by atoms with Gasteiger partial charge in [0.15, 0.2) is 0 Å². The van der Waals surface area contributed by atoms with Gasteiger partial charge in [-0.05, 0) is 23.8 Å². The van der Waals surface area contributed by atoms with Crippen LogP contribution < -0.4 is 4.74 Å². The minimum Gasteiger partial charge on any atom is -0.488 e. The molecule has 0 spiro atoms. The quantitative estimate of drug-likeness (QED) is 0.430. The summed E-state index contributed by atoms with van der Waals surface area (Å²) in [6, 6.07) is 9.85. The molecule has 0 fully saturated rings. The third kappa shape index (κ3) is 4.72. The van der Waals surface area contributed by atoms with E-state index < -0.39 is 17.3 Å². The predicted octanol–water partition coefficient (Wildman–Crippen LogP) is 3.83. The van der Waals surface area contributed by atoms with Crippen molar-refractivity contribution in [3.05, 3.63) is 69.3 Å². The van der Waals surface area contributed by atoms with Crippen molar-refractivity contribution in [3.8, 4) is 5.75 Å². The van der Waals surface area contributed by atoms with Gasteiger partial charge in [0, 0.05) is 6.07 Å². The lowest BCUT2D eigenvalue weighted by atomic mass is 10.1. The Morgan fingerprint density at radius 3 is 2.60 bits per heavy atom. The van der Waals surface area contributed by atoms with Crippen molar-refractivity contribution < 1.29 is 28.0 Å². The van der Waals surface area contributed by atoms with Crippen LogP contribution in [0, 0.1) is 10.1 Å². The van der Waals surface area contributed by atoms with Crippen molar-refractivity contribution >= 4 is 11.7 Å². The lowest BCUT2D eigenvalue weighted by Gasteiger charge is -2.13. The third-order valence-corrected chi connectivity index (χ3v) is 3.46. The molecule has 0 aliphatic heterocycles. The van der Waals surface area contributed by atoms with Crippen LogP contribution in [0.2, 0.25) is 0 Å². The van der Waals surface area contributed by atoms with Crippen LogP contribution in [0.1, 0.15) is 23.1 Å². The van der Waals surface area contributed by atoms with Crippen LogP contribution in [0.3, 0.4) is 0 Å². The summed E-state index contributed by atoms with van der Waals surface area (Å²) in [6.45, 7) is -0.229. The summed E-state index contributed by atoms with van der Waals surface area (Å²) in [5.41, 5.74) is 0.0925. The highest BCUT2D eigenvalue weighted by Gasteiger charge is 2.18. The van der Waals surface area contributed by atoms with Gasteiger partial charge in [-0.1, -0.05) is 18.2 Å². The molecule has 132 valence electrons. The number of alkyl halides is 2. The van der Waals surface area contributed by atoms with Gasteiger partial charge in [-0.25, -0.2) is 8.78 Å². The maximum atomic E-state index is 13.3. The standard InChI is InChI=1S/C17H15F2NO5/c1-24-16(21)9-11-6-7-15(13(8-11)17(18)19)25-10-12-4-2-3-5-14(12)20(22)23/h2-8,17H,9-10H2,1H3. The summed E-state index contributed by atoms with van der Waals surface area (Å²) < 4.78 is 36.4. The molecule has 0 saturated carbocycles. The Morgan fingerprint density at radius 2 is 1.96 bits per heavy atom. The van der Waals surface area contributed by atoms with Gasteiger partial charge in [0.25, 0.3) is 12.1 Å². The first-order valence-electron chi connectivity index (χ1n) is 7.25. The number of benzene rings is 2. The van der Waals surface area contributed by atoms with Crippen LogP contribution in [0.15, 0.2) is 42.5 Å². The van der Waals surface area contributed by atoms with Crippen molar-refractivity contribution in [2.24, 2.45) is 0 Å². The van der Waals surface area contributed by atoms with Crippen LogP contribution in [0.25, 0.3) is 0 Å². The summed E-state index contributed by atoms with van der Waals surface area (Å²) in [4.78, 5) is 21.7. The second kappa shape index (κ2) is 8.18. The number of carbonyl (C=O) groups is 1. The molecule has 8 heteroatoms. The van der Waals surface area contributed by atoms with E-state index in [0.717, 1.165) is 6.07 Å². The number of halogens is 2. The lowest BCUT2D eigenvalue weighted by molar-refractivity contribution is -0.385. The van der Waals surface area contributed by atoms with Gasteiger partial charge in [-0.2, -0.15) is 0 Å². The van der Waals surface area contributed by atoms with E-state index in [1.807, 2.05) is 0 Å². The van der Waals surface area contributed by atoms with Gasteiger partial charge in [0.05, 0.1) is 29.6 Å². The number of esters is 1. The maximum Gasteiger partial charge on any atom is 0.309 e. The van der Waals surface area contributed by atoms with Gasteiger partial charge < -0.3 is 9.47 Å². The first-order valence-corrected chi connectivity index (χ1v) is 7.25. The van der Waals surface area contributed by atoms with E-state index in [1.165, 1.54) is 37.4 Å². The molecule has 0 amide bonds. The number of hydrogen-bond acceptors (Lipinski definition) is 5. The van der Waals surface area contributed by atoms with Crippen LogP contribution in [0.4, 0.5) is 14.5 Å². The monoisotopic (exact) mass is 351 g/mol. The van der Waals surface area contributed by atoms with Crippen LogP contribution in [0.5, 0.6) is 5.75 Å². The molecule has 0 bridgehead atoms. The Kier molecular flexibility index (Phi) is 5.99. The first-order chi connectivity index (χ1) is 11.9. The first kappa shape index (κ1) is 18.3. The van der Waals surface area contributed by atoms with E-state index in [0.29, 0.717) is 5.56 Å². The van der Waals surface area contributed by atoms with E-state index in [9.17, 15) is 23.7 Å². The average molecular weight is 351 g/mol. The number of nitro groups is 1. The van der Waals surface area contributed by atoms with E-state index in [4.69, 9.17) is 4.74 Å². The zero-order valence-electron chi connectivity index (χ0n) is 13.3. The Bertz CT molecular complexity index is 779. The molecule has 0 N–H and O–H groups in total. The fraction of sp³-hybridized carbons (Fsp3) is 0.235. The number of para-hydroxylation sites is 1. The molecule has 0 saturated heterocycles. The number of nitrogens with zero attached hydrogens (tertiary/aromatic N) is 1. The van der Waals surface area contributed by atoms with Crippen LogP contribution >= 0.6 is 0 Å². The molecule has 2 rings (SSSR count). The summed E-state index contributed by atoms with van der Waals surface area (Å²) in [6.07, 6.45) is -2.96. The number of hydrogen-bond donors (Lipinski definition) is 0. The van der Waals surface area contributed by atoms with Gasteiger partial charge in [0.2, 0.25) is 0 Å². The van der Waals surface area contributed by atoms with Crippen molar-refractivity contribution in [1.29, 1.82) is 0 Å². The zero-order chi connectivity index (χ0) is 18.4. The second-order valence-corrected chi connectivity index (χ2v) is 5.10. The molecular weight excluding hydrogens is 336 g/mol. The minimum absolute atomic E-state index is 0.0956. The van der Waals surface area contributed by atoms with E-state index in [-0.39, 0.29) is 35.6 Å². The lowest BCUT2D eigenvalue weighted by Crippen LogP contribution is -2.06. The van der Waals surface area contributed by atoms with Crippen molar-refractivity contribution in [2.45, 2.75) is 19.5 Å². The Balaban J connectivity index is 2.22. The Morgan fingerprint density at radius 1 is 1.24 bits per heavy atom. The molecule has 25 heavy (non-hydrogen) atoms. The molecule has 2 aromatic carbocycles. The van der Waals surface area contributed by atoms with Crippen LogP contribution in [-0.2, 0) is 22.6 Å². The number of ether oxygens (including phenoxy) is 2. The molecule has 6 nitrogen and oxygen atoms in total. The smallest absolute Gasteiger partial charge is 0.309 e.